The number of carbonyl (C=O) groups excluding carboxylic acids is 1. The Morgan fingerprint density at radius 3 is 2.73 bits per heavy atom. The molecule has 156 valence electrons. The third-order valence-electron chi connectivity index (χ3n) is 5.14. The van der Waals surface area contributed by atoms with Gasteiger partial charge in [0, 0.05) is 42.8 Å². The van der Waals surface area contributed by atoms with Gasteiger partial charge in [0.1, 0.15) is 12.4 Å². The number of hydrogen-bond donors (Lipinski definition) is 0. The van der Waals surface area contributed by atoms with Gasteiger partial charge < -0.3 is 19.3 Å². The number of hydrogen-bond acceptors (Lipinski definition) is 5. The van der Waals surface area contributed by atoms with Crippen molar-refractivity contribution in [3.63, 3.8) is 0 Å². The number of benzene rings is 2. The number of morpholine rings is 1. The van der Waals surface area contributed by atoms with Crippen molar-refractivity contribution in [2.24, 2.45) is 0 Å². The summed E-state index contributed by atoms with van der Waals surface area (Å²) in [6.45, 7) is 4.28. The molecule has 0 spiro atoms. The summed E-state index contributed by atoms with van der Waals surface area (Å²) in [6, 6.07) is 19.7. The number of para-hydroxylation sites is 1. The van der Waals surface area contributed by atoms with E-state index in [0.717, 1.165) is 36.7 Å². The van der Waals surface area contributed by atoms with Gasteiger partial charge in [-0.15, -0.1) is 11.3 Å². The van der Waals surface area contributed by atoms with Crippen LogP contribution in [-0.4, -0.2) is 44.2 Å². The van der Waals surface area contributed by atoms with Gasteiger partial charge in [0.2, 0.25) is 0 Å². The Morgan fingerprint density at radius 2 is 1.93 bits per heavy atom. The first-order valence-corrected chi connectivity index (χ1v) is 11.0. The predicted octanol–water partition coefficient (Wildman–Crippen LogP) is 4.44. The first-order chi connectivity index (χ1) is 14.7. The van der Waals surface area contributed by atoms with E-state index in [-0.39, 0.29) is 5.91 Å². The molecule has 3 aromatic rings. The van der Waals surface area contributed by atoms with Gasteiger partial charge in [-0.1, -0.05) is 30.3 Å². The highest BCUT2D eigenvalue weighted by molar-refractivity contribution is 7.09. The SMILES string of the molecule is CN(Cc1ccccc1N1CCOCC1)C(=O)c1cccc(OCc2cccs2)c1. The molecule has 30 heavy (non-hydrogen) atoms. The lowest BCUT2D eigenvalue weighted by molar-refractivity contribution is 0.0784. The Labute approximate surface area is 181 Å². The van der Waals surface area contributed by atoms with Crippen LogP contribution in [0.3, 0.4) is 0 Å². The van der Waals surface area contributed by atoms with Gasteiger partial charge in [-0.2, -0.15) is 0 Å². The van der Waals surface area contributed by atoms with Crippen LogP contribution in [0.1, 0.15) is 20.8 Å². The van der Waals surface area contributed by atoms with Crippen molar-refractivity contribution in [3.05, 3.63) is 82.0 Å². The van der Waals surface area contributed by atoms with Gasteiger partial charge in [0.05, 0.1) is 13.2 Å². The molecule has 1 aromatic heterocycles. The maximum absolute atomic E-state index is 13.1. The van der Waals surface area contributed by atoms with Gasteiger partial charge in [0.15, 0.2) is 0 Å². The van der Waals surface area contributed by atoms with E-state index in [9.17, 15) is 4.79 Å². The number of amides is 1. The summed E-state index contributed by atoms with van der Waals surface area (Å²) in [6.07, 6.45) is 0. The lowest BCUT2D eigenvalue weighted by atomic mass is 10.1. The maximum Gasteiger partial charge on any atom is 0.254 e. The van der Waals surface area contributed by atoms with Crippen LogP contribution in [0.4, 0.5) is 5.69 Å². The molecule has 0 unspecified atom stereocenters. The second-order valence-corrected chi connectivity index (χ2v) is 8.32. The summed E-state index contributed by atoms with van der Waals surface area (Å²) in [5.74, 6) is 0.685. The molecule has 1 aliphatic heterocycles. The van der Waals surface area contributed by atoms with E-state index in [4.69, 9.17) is 9.47 Å². The van der Waals surface area contributed by atoms with Crippen molar-refractivity contribution in [3.8, 4) is 5.75 Å². The van der Waals surface area contributed by atoms with Crippen LogP contribution >= 0.6 is 11.3 Å². The Balaban J connectivity index is 1.43. The smallest absolute Gasteiger partial charge is 0.254 e. The molecule has 0 saturated carbocycles. The van der Waals surface area contributed by atoms with E-state index in [1.807, 2.05) is 61.0 Å². The normalized spacial score (nSPS) is 13.8. The van der Waals surface area contributed by atoms with Crippen molar-refractivity contribution in [1.82, 2.24) is 4.90 Å². The van der Waals surface area contributed by atoms with Crippen molar-refractivity contribution < 1.29 is 14.3 Å². The third kappa shape index (κ3) is 5.01. The molecule has 5 nitrogen and oxygen atoms in total. The highest BCUT2D eigenvalue weighted by atomic mass is 32.1. The minimum absolute atomic E-state index is 0.0200. The fourth-order valence-corrected chi connectivity index (χ4v) is 4.19. The molecule has 1 saturated heterocycles. The molecule has 6 heteroatoms. The van der Waals surface area contributed by atoms with Crippen LogP contribution in [0, 0.1) is 0 Å². The second kappa shape index (κ2) is 9.78. The van der Waals surface area contributed by atoms with Crippen LogP contribution in [0.15, 0.2) is 66.0 Å². The first-order valence-electron chi connectivity index (χ1n) is 10.1. The summed E-state index contributed by atoms with van der Waals surface area (Å²) in [5, 5.41) is 2.03. The summed E-state index contributed by atoms with van der Waals surface area (Å²) in [5.41, 5.74) is 2.94. The van der Waals surface area contributed by atoms with Gasteiger partial charge in [-0.05, 0) is 41.3 Å². The van der Waals surface area contributed by atoms with E-state index in [1.54, 1.807) is 16.2 Å². The van der Waals surface area contributed by atoms with Crippen LogP contribution in [0.5, 0.6) is 5.75 Å². The van der Waals surface area contributed by atoms with Crippen molar-refractivity contribution in [2.45, 2.75) is 13.2 Å². The molecule has 4 rings (SSSR count). The number of thiophene rings is 1. The van der Waals surface area contributed by atoms with Crippen molar-refractivity contribution in [2.75, 3.05) is 38.3 Å². The summed E-state index contributed by atoms with van der Waals surface area (Å²) in [4.78, 5) is 18.3. The molecule has 2 heterocycles. The maximum atomic E-state index is 13.1. The number of nitrogens with zero attached hydrogens (tertiary/aromatic N) is 2. The molecular formula is C24H26N2O3S. The number of rotatable bonds is 7. The number of ether oxygens (including phenoxy) is 2. The first kappa shape index (κ1) is 20.4. The third-order valence-corrected chi connectivity index (χ3v) is 5.99. The molecular weight excluding hydrogens is 396 g/mol. The molecule has 1 aliphatic rings. The summed E-state index contributed by atoms with van der Waals surface area (Å²) >= 11 is 1.66. The average Bonchev–Trinajstić information content (AvgIpc) is 3.32. The van der Waals surface area contributed by atoms with E-state index in [2.05, 4.69) is 17.0 Å². The lowest BCUT2D eigenvalue weighted by Crippen LogP contribution is -2.37. The van der Waals surface area contributed by atoms with Gasteiger partial charge in [-0.25, -0.2) is 0 Å². The molecule has 1 amide bonds. The Hall–Kier alpha value is -2.83. The highest BCUT2D eigenvalue weighted by Gasteiger charge is 2.18. The Kier molecular flexibility index (Phi) is 6.67. The van der Waals surface area contributed by atoms with E-state index < -0.39 is 0 Å². The minimum Gasteiger partial charge on any atom is -0.488 e. The van der Waals surface area contributed by atoms with Crippen molar-refractivity contribution in [1.29, 1.82) is 0 Å². The zero-order valence-electron chi connectivity index (χ0n) is 17.1. The van der Waals surface area contributed by atoms with Crippen LogP contribution in [0.2, 0.25) is 0 Å². The van der Waals surface area contributed by atoms with Crippen LogP contribution < -0.4 is 9.64 Å². The molecule has 0 bridgehead atoms. The standard InChI is InChI=1S/C24H26N2O3S/c1-25(17-20-6-2-3-10-23(20)26-11-13-28-14-12-26)24(27)19-7-4-8-21(16-19)29-18-22-9-5-15-30-22/h2-10,15-16H,11-14,17-18H2,1H3. The number of anilines is 1. The van der Waals surface area contributed by atoms with Crippen LogP contribution in [-0.2, 0) is 17.9 Å². The van der Waals surface area contributed by atoms with E-state index in [1.165, 1.54) is 5.69 Å². The molecule has 0 radical (unpaired) electrons. The van der Waals surface area contributed by atoms with Crippen molar-refractivity contribution >= 4 is 22.9 Å². The quantitative estimate of drug-likeness (QED) is 0.565. The molecule has 1 fully saturated rings. The average molecular weight is 423 g/mol. The van der Waals surface area contributed by atoms with Crippen LogP contribution in [0.25, 0.3) is 0 Å². The molecule has 0 N–H and O–H groups in total. The fraction of sp³-hybridized carbons (Fsp3) is 0.292. The summed E-state index contributed by atoms with van der Waals surface area (Å²) in [7, 11) is 1.84. The molecule has 2 aromatic carbocycles. The molecule has 0 atom stereocenters. The molecule has 0 aliphatic carbocycles. The Bertz CT molecular complexity index is 968. The largest absolute Gasteiger partial charge is 0.488 e. The fourth-order valence-electron chi connectivity index (χ4n) is 3.57. The van der Waals surface area contributed by atoms with E-state index in [0.29, 0.717) is 24.5 Å². The van der Waals surface area contributed by atoms with E-state index >= 15 is 0 Å². The zero-order valence-corrected chi connectivity index (χ0v) is 17.9. The highest BCUT2D eigenvalue weighted by Crippen LogP contribution is 2.24. The van der Waals surface area contributed by atoms with Gasteiger partial charge in [0.25, 0.3) is 5.91 Å². The zero-order chi connectivity index (χ0) is 20.8. The lowest BCUT2D eigenvalue weighted by Gasteiger charge is -2.31. The summed E-state index contributed by atoms with van der Waals surface area (Å²) < 4.78 is 11.3. The Morgan fingerprint density at radius 1 is 1.10 bits per heavy atom. The predicted molar refractivity (Wildman–Crippen MR) is 120 cm³/mol. The second-order valence-electron chi connectivity index (χ2n) is 7.29. The monoisotopic (exact) mass is 422 g/mol. The minimum atomic E-state index is -0.0200. The van der Waals surface area contributed by atoms with Gasteiger partial charge in [-0.3, -0.25) is 4.79 Å². The topological polar surface area (TPSA) is 42.0 Å². The number of carbonyl (C=O) groups is 1. The van der Waals surface area contributed by atoms with Gasteiger partial charge >= 0.3 is 0 Å².